The highest BCUT2D eigenvalue weighted by molar-refractivity contribution is 6.13. The lowest BCUT2D eigenvalue weighted by molar-refractivity contribution is -0.132. The third-order valence-electron chi connectivity index (χ3n) is 5.24. The van der Waals surface area contributed by atoms with Gasteiger partial charge in [0.1, 0.15) is 23.0 Å². The molecular weight excluding hydrogens is 380 g/mol. The standard InChI is InChI=1S/C21H16O8/c1-9(22)28-15-5-3-11(24)19-17(15)13(26)7-21(19)8-14(27)18-16(29-10(2)23)6-4-12(25)20(18)21/h3-6,24-25H,7-8H2,1-2H3. The van der Waals surface area contributed by atoms with E-state index in [4.69, 9.17) is 9.47 Å². The molecule has 1 spiro atoms. The molecule has 2 aliphatic carbocycles. The van der Waals surface area contributed by atoms with E-state index in [-0.39, 0.29) is 58.1 Å². The molecule has 0 atom stereocenters. The zero-order chi connectivity index (χ0) is 21.1. The third-order valence-corrected chi connectivity index (χ3v) is 5.24. The number of hydrogen-bond donors (Lipinski definition) is 2. The highest BCUT2D eigenvalue weighted by Crippen LogP contribution is 2.59. The van der Waals surface area contributed by atoms with Crippen molar-refractivity contribution in [3.63, 3.8) is 0 Å². The van der Waals surface area contributed by atoms with E-state index in [1.54, 1.807) is 0 Å². The van der Waals surface area contributed by atoms with E-state index in [1.807, 2.05) is 0 Å². The number of aromatic hydroxyl groups is 2. The number of esters is 2. The first-order valence-corrected chi connectivity index (χ1v) is 8.82. The van der Waals surface area contributed by atoms with Crippen molar-refractivity contribution in [2.75, 3.05) is 0 Å². The molecule has 0 bridgehead atoms. The maximum atomic E-state index is 12.9. The number of phenols is 2. The predicted octanol–water partition coefficient (Wildman–Crippen LogP) is 2.41. The van der Waals surface area contributed by atoms with E-state index < -0.39 is 28.9 Å². The molecule has 4 rings (SSSR count). The molecule has 8 nitrogen and oxygen atoms in total. The Bertz CT molecular complexity index is 1040. The minimum Gasteiger partial charge on any atom is -0.508 e. The molecule has 0 heterocycles. The minimum atomic E-state index is -1.35. The van der Waals surface area contributed by atoms with Crippen molar-refractivity contribution < 1.29 is 38.9 Å². The summed E-state index contributed by atoms with van der Waals surface area (Å²) in [6.45, 7) is 2.36. The second-order valence-corrected chi connectivity index (χ2v) is 7.13. The summed E-state index contributed by atoms with van der Waals surface area (Å²) in [6.07, 6.45) is -0.437. The van der Waals surface area contributed by atoms with Crippen LogP contribution in [0.1, 0.15) is 58.5 Å². The Labute approximate surface area is 164 Å². The molecule has 0 fully saturated rings. The number of rotatable bonds is 2. The van der Waals surface area contributed by atoms with E-state index >= 15 is 0 Å². The molecule has 2 aliphatic rings. The molecule has 29 heavy (non-hydrogen) atoms. The Morgan fingerprint density at radius 2 is 1.17 bits per heavy atom. The normalized spacial score (nSPS) is 15.9. The summed E-state index contributed by atoms with van der Waals surface area (Å²) in [5.41, 5.74) is -1.12. The van der Waals surface area contributed by atoms with Gasteiger partial charge in [0.05, 0.1) is 11.1 Å². The number of phenolic OH excluding ortho intramolecular Hbond substituents is 2. The lowest BCUT2D eigenvalue weighted by Gasteiger charge is -2.26. The fraction of sp³-hybridized carbons (Fsp3) is 0.238. The van der Waals surface area contributed by atoms with E-state index in [0.717, 1.165) is 0 Å². The third kappa shape index (κ3) is 2.60. The number of Topliss-reactive ketones (excluding diaryl/α,β-unsaturated/α-hetero) is 2. The zero-order valence-electron chi connectivity index (χ0n) is 15.6. The smallest absolute Gasteiger partial charge is 0.308 e. The van der Waals surface area contributed by atoms with Crippen molar-refractivity contribution in [1.82, 2.24) is 0 Å². The average Bonchev–Trinajstić information content (AvgIpc) is 3.07. The van der Waals surface area contributed by atoms with Crippen LogP contribution in [-0.2, 0) is 15.0 Å². The first-order chi connectivity index (χ1) is 13.7. The summed E-state index contributed by atoms with van der Waals surface area (Å²) in [6, 6.07) is 5.15. The Balaban J connectivity index is 2.02. The van der Waals surface area contributed by atoms with Gasteiger partial charge >= 0.3 is 11.9 Å². The number of ether oxygens (including phenoxy) is 2. The predicted molar refractivity (Wildman–Crippen MR) is 97.5 cm³/mol. The van der Waals surface area contributed by atoms with Crippen LogP contribution in [0.25, 0.3) is 0 Å². The summed E-state index contributed by atoms with van der Waals surface area (Å²) in [5, 5.41) is 21.2. The Hall–Kier alpha value is -3.68. The molecule has 0 unspecified atom stereocenters. The average molecular weight is 396 g/mol. The number of hydrogen-bond acceptors (Lipinski definition) is 8. The van der Waals surface area contributed by atoms with Gasteiger partial charge in [-0.3, -0.25) is 19.2 Å². The Kier molecular flexibility index (Phi) is 3.97. The van der Waals surface area contributed by atoms with Crippen LogP contribution in [0.4, 0.5) is 0 Å². The first-order valence-electron chi connectivity index (χ1n) is 8.82. The van der Waals surface area contributed by atoms with Gasteiger partial charge < -0.3 is 19.7 Å². The van der Waals surface area contributed by atoms with Crippen LogP contribution < -0.4 is 9.47 Å². The zero-order valence-corrected chi connectivity index (χ0v) is 15.6. The molecule has 8 heteroatoms. The topological polar surface area (TPSA) is 127 Å². The van der Waals surface area contributed by atoms with Crippen molar-refractivity contribution >= 4 is 23.5 Å². The summed E-state index contributed by atoms with van der Waals surface area (Å²) in [7, 11) is 0. The molecule has 0 aliphatic heterocycles. The van der Waals surface area contributed by atoms with Gasteiger partial charge in [-0.2, -0.15) is 0 Å². The summed E-state index contributed by atoms with van der Waals surface area (Å²) >= 11 is 0. The molecular formula is C21H16O8. The fourth-order valence-corrected chi connectivity index (χ4v) is 4.41. The SMILES string of the molecule is CC(=O)Oc1ccc(O)c2c1C(=O)CC21CC(=O)c2c(OC(C)=O)ccc(O)c21. The van der Waals surface area contributed by atoms with E-state index in [1.165, 1.54) is 38.1 Å². The van der Waals surface area contributed by atoms with Crippen molar-refractivity contribution in [3.8, 4) is 23.0 Å². The fourth-order valence-electron chi connectivity index (χ4n) is 4.41. The second kappa shape index (κ2) is 6.16. The van der Waals surface area contributed by atoms with Gasteiger partial charge in [0.15, 0.2) is 11.6 Å². The van der Waals surface area contributed by atoms with Gasteiger partial charge in [-0.05, 0) is 24.3 Å². The van der Waals surface area contributed by atoms with Crippen molar-refractivity contribution in [2.24, 2.45) is 0 Å². The van der Waals surface area contributed by atoms with Crippen molar-refractivity contribution in [2.45, 2.75) is 32.1 Å². The number of fused-ring (bicyclic) bond motifs is 4. The molecule has 0 saturated carbocycles. The van der Waals surface area contributed by atoms with Gasteiger partial charge in [-0.15, -0.1) is 0 Å². The van der Waals surface area contributed by atoms with Gasteiger partial charge in [0, 0.05) is 43.2 Å². The van der Waals surface area contributed by atoms with Crippen molar-refractivity contribution in [1.29, 1.82) is 0 Å². The van der Waals surface area contributed by atoms with Crippen LogP contribution in [0.3, 0.4) is 0 Å². The van der Waals surface area contributed by atoms with Crippen LogP contribution in [0.15, 0.2) is 24.3 Å². The molecule has 0 saturated heterocycles. The second-order valence-electron chi connectivity index (χ2n) is 7.13. The number of ketones is 2. The Morgan fingerprint density at radius 3 is 1.52 bits per heavy atom. The maximum absolute atomic E-state index is 12.9. The molecule has 2 N–H and O–H groups in total. The monoisotopic (exact) mass is 396 g/mol. The molecule has 0 amide bonds. The number of benzene rings is 2. The largest absolute Gasteiger partial charge is 0.508 e. The summed E-state index contributed by atoms with van der Waals surface area (Å²) in [5.74, 6) is -2.74. The van der Waals surface area contributed by atoms with Gasteiger partial charge in [0.2, 0.25) is 0 Å². The van der Waals surface area contributed by atoms with Crippen LogP contribution in [0.5, 0.6) is 23.0 Å². The Morgan fingerprint density at radius 1 is 0.793 bits per heavy atom. The molecule has 2 aromatic carbocycles. The number of carbonyl (C=O) groups excluding carboxylic acids is 4. The highest BCUT2D eigenvalue weighted by atomic mass is 16.5. The van der Waals surface area contributed by atoms with E-state index in [0.29, 0.717) is 0 Å². The molecule has 0 radical (unpaired) electrons. The van der Waals surface area contributed by atoms with Gasteiger partial charge in [-0.1, -0.05) is 0 Å². The first kappa shape index (κ1) is 18.7. The molecule has 2 aromatic rings. The summed E-state index contributed by atoms with van der Waals surface area (Å²) < 4.78 is 10.2. The van der Waals surface area contributed by atoms with E-state index in [9.17, 15) is 29.4 Å². The lowest BCUT2D eigenvalue weighted by atomic mass is 9.75. The molecule has 148 valence electrons. The van der Waals surface area contributed by atoms with Crippen LogP contribution in [0.2, 0.25) is 0 Å². The minimum absolute atomic E-state index is 0.00172. The molecule has 0 aromatic heterocycles. The van der Waals surface area contributed by atoms with Gasteiger partial charge in [0.25, 0.3) is 0 Å². The van der Waals surface area contributed by atoms with E-state index in [2.05, 4.69) is 0 Å². The number of carbonyl (C=O) groups is 4. The summed E-state index contributed by atoms with van der Waals surface area (Å²) in [4.78, 5) is 48.6. The quantitative estimate of drug-likeness (QED) is 0.585. The maximum Gasteiger partial charge on any atom is 0.308 e. The van der Waals surface area contributed by atoms with Crippen LogP contribution in [-0.4, -0.2) is 33.7 Å². The van der Waals surface area contributed by atoms with Crippen molar-refractivity contribution in [3.05, 3.63) is 46.5 Å². The van der Waals surface area contributed by atoms with Gasteiger partial charge in [-0.25, -0.2) is 0 Å². The van der Waals surface area contributed by atoms with Crippen LogP contribution in [0, 0.1) is 0 Å². The highest BCUT2D eigenvalue weighted by Gasteiger charge is 2.56. The lowest BCUT2D eigenvalue weighted by Crippen LogP contribution is -2.22. The van der Waals surface area contributed by atoms with Crippen LogP contribution >= 0.6 is 0 Å².